The topological polar surface area (TPSA) is 61.6 Å². The van der Waals surface area contributed by atoms with Gasteiger partial charge in [-0.2, -0.15) is 0 Å². The number of carbonyl (C=O) groups excluding carboxylic acids is 1. The number of hydrogen-bond acceptors (Lipinski definition) is 4. The Morgan fingerprint density at radius 3 is 2.55 bits per heavy atom. The lowest BCUT2D eigenvalue weighted by atomic mass is 9.98. The van der Waals surface area contributed by atoms with E-state index >= 15 is 0 Å². The molecule has 20 heavy (non-hydrogen) atoms. The van der Waals surface area contributed by atoms with Crippen LogP contribution in [0.3, 0.4) is 0 Å². The van der Waals surface area contributed by atoms with Crippen LogP contribution in [0.25, 0.3) is 0 Å². The van der Waals surface area contributed by atoms with Crippen molar-refractivity contribution in [2.75, 3.05) is 26.2 Å². The average Bonchev–Trinajstić information content (AvgIpc) is 2.89. The summed E-state index contributed by atoms with van der Waals surface area (Å²) in [7, 11) is 0. The van der Waals surface area contributed by atoms with Crippen LogP contribution in [0.2, 0.25) is 0 Å². The first-order valence-corrected chi connectivity index (χ1v) is 8.12. The fourth-order valence-electron chi connectivity index (χ4n) is 4.38. The molecule has 0 aromatic carbocycles. The molecule has 5 heteroatoms. The standard InChI is InChI=1S/C15H28N4O/c1-11(20)17-13-4-5-18(10-13)6-7-19-14-2-3-15(19)9-12(16)8-14/h12-15H,2-10,16H2,1H3,(H,17,20)/t12?,13-,14-,15+/m1/s1. The molecule has 3 saturated heterocycles. The molecular formula is C15H28N4O. The average molecular weight is 280 g/mol. The van der Waals surface area contributed by atoms with Crippen LogP contribution in [0.5, 0.6) is 0 Å². The van der Waals surface area contributed by atoms with Gasteiger partial charge in [0.2, 0.25) is 5.91 Å². The number of rotatable bonds is 4. The number of nitrogens with one attached hydrogen (secondary N) is 1. The van der Waals surface area contributed by atoms with Gasteiger partial charge in [-0.25, -0.2) is 0 Å². The van der Waals surface area contributed by atoms with Crippen molar-refractivity contribution in [3.63, 3.8) is 0 Å². The van der Waals surface area contributed by atoms with Gasteiger partial charge in [-0.05, 0) is 32.1 Å². The van der Waals surface area contributed by atoms with Crippen molar-refractivity contribution in [3.05, 3.63) is 0 Å². The van der Waals surface area contributed by atoms with Gasteiger partial charge in [0, 0.05) is 57.3 Å². The lowest BCUT2D eigenvalue weighted by Gasteiger charge is -2.38. The molecule has 0 spiro atoms. The molecule has 3 heterocycles. The maximum absolute atomic E-state index is 11.1. The van der Waals surface area contributed by atoms with Crippen molar-refractivity contribution in [2.24, 2.45) is 5.73 Å². The molecule has 4 atom stereocenters. The molecular weight excluding hydrogens is 252 g/mol. The molecule has 1 unspecified atom stereocenters. The zero-order valence-corrected chi connectivity index (χ0v) is 12.6. The van der Waals surface area contributed by atoms with Gasteiger partial charge < -0.3 is 11.1 Å². The van der Waals surface area contributed by atoms with E-state index in [4.69, 9.17) is 5.73 Å². The fraction of sp³-hybridized carbons (Fsp3) is 0.933. The van der Waals surface area contributed by atoms with Gasteiger partial charge in [0.25, 0.3) is 0 Å². The number of piperidine rings is 1. The quantitative estimate of drug-likeness (QED) is 0.769. The van der Waals surface area contributed by atoms with Crippen LogP contribution < -0.4 is 11.1 Å². The number of fused-ring (bicyclic) bond motifs is 2. The molecule has 5 nitrogen and oxygen atoms in total. The first-order chi connectivity index (χ1) is 9.61. The highest BCUT2D eigenvalue weighted by atomic mass is 16.1. The van der Waals surface area contributed by atoms with Gasteiger partial charge >= 0.3 is 0 Å². The van der Waals surface area contributed by atoms with E-state index in [0.29, 0.717) is 12.1 Å². The van der Waals surface area contributed by atoms with E-state index in [1.165, 1.54) is 32.2 Å². The predicted molar refractivity (Wildman–Crippen MR) is 79.4 cm³/mol. The molecule has 0 aromatic rings. The van der Waals surface area contributed by atoms with Gasteiger partial charge in [0.15, 0.2) is 0 Å². The summed E-state index contributed by atoms with van der Waals surface area (Å²) in [6, 6.07) is 2.26. The highest BCUT2D eigenvalue weighted by molar-refractivity contribution is 5.73. The van der Waals surface area contributed by atoms with Crippen LogP contribution >= 0.6 is 0 Å². The Labute approximate surface area is 121 Å². The second-order valence-corrected chi connectivity index (χ2v) is 6.84. The Kier molecular flexibility index (Phi) is 4.29. The molecule has 3 N–H and O–H groups in total. The minimum absolute atomic E-state index is 0.0971. The smallest absolute Gasteiger partial charge is 0.217 e. The Hall–Kier alpha value is -0.650. The van der Waals surface area contributed by atoms with Gasteiger partial charge in [-0.3, -0.25) is 14.6 Å². The fourth-order valence-corrected chi connectivity index (χ4v) is 4.38. The monoisotopic (exact) mass is 280 g/mol. The Bertz CT molecular complexity index is 348. The maximum atomic E-state index is 11.1. The van der Waals surface area contributed by atoms with Crippen LogP contribution in [-0.2, 0) is 4.79 Å². The van der Waals surface area contributed by atoms with E-state index in [1.54, 1.807) is 6.92 Å². The molecule has 114 valence electrons. The summed E-state index contributed by atoms with van der Waals surface area (Å²) in [4.78, 5) is 16.3. The zero-order chi connectivity index (χ0) is 14.1. The minimum atomic E-state index is 0.0971. The van der Waals surface area contributed by atoms with Gasteiger partial charge in [0.1, 0.15) is 0 Å². The molecule has 3 rings (SSSR count). The molecule has 0 aliphatic carbocycles. The molecule has 1 amide bonds. The van der Waals surface area contributed by atoms with Crippen molar-refractivity contribution in [3.8, 4) is 0 Å². The zero-order valence-electron chi connectivity index (χ0n) is 12.6. The Morgan fingerprint density at radius 1 is 1.20 bits per heavy atom. The molecule has 2 bridgehead atoms. The van der Waals surface area contributed by atoms with Gasteiger partial charge in [0.05, 0.1) is 0 Å². The van der Waals surface area contributed by atoms with Gasteiger partial charge in [-0.1, -0.05) is 0 Å². The Morgan fingerprint density at radius 2 is 1.90 bits per heavy atom. The Balaban J connectivity index is 1.43. The van der Waals surface area contributed by atoms with Crippen LogP contribution in [-0.4, -0.2) is 66.1 Å². The number of nitrogens with zero attached hydrogens (tertiary/aromatic N) is 2. The third-order valence-corrected chi connectivity index (χ3v) is 5.27. The van der Waals surface area contributed by atoms with Crippen LogP contribution in [0.15, 0.2) is 0 Å². The number of nitrogens with two attached hydrogens (primary N) is 1. The highest BCUT2D eigenvalue weighted by Gasteiger charge is 2.39. The largest absolute Gasteiger partial charge is 0.352 e. The molecule has 3 fully saturated rings. The van der Waals surface area contributed by atoms with Crippen LogP contribution in [0.1, 0.15) is 39.0 Å². The summed E-state index contributed by atoms with van der Waals surface area (Å²) < 4.78 is 0. The van der Waals surface area contributed by atoms with E-state index in [1.807, 2.05) is 0 Å². The summed E-state index contributed by atoms with van der Waals surface area (Å²) in [5.41, 5.74) is 6.12. The second-order valence-electron chi connectivity index (χ2n) is 6.84. The maximum Gasteiger partial charge on any atom is 0.217 e. The van der Waals surface area contributed by atoms with Crippen molar-refractivity contribution in [1.82, 2.24) is 15.1 Å². The molecule has 3 aliphatic rings. The summed E-state index contributed by atoms with van der Waals surface area (Å²) in [6.07, 6.45) is 6.15. The number of likely N-dealkylation sites (tertiary alicyclic amines) is 1. The summed E-state index contributed by atoms with van der Waals surface area (Å²) in [5, 5.41) is 3.03. The summed E-state index contributed by atoms with van der Waals surface area (Å²) in [6.45, 7) is 6.06. The van der Waals surface area contributed by atoms with Crippen LogP contribution in [0.4, 0.5) is 0 Å². The second kappa shape index (κ2) is 6.00. The number of carbonyl (C=O) groups is 1. The van der Waals surface area contributed by atoms with Crippen molar-refractivity contribution in [2.45, 2.75) is 63.2 Å². The first kappa shape index (κ1) is 14.3. The lowest BCUT2D eigenvalue weighted by Crippen LogP contribution is -2.49. The first-order valence-electron chi connectivity index (χ1n) is 8.12. The third-order valence-electron chi connectivity index (χ3n) is 5.27. The van der Waals surface area contributed by atoms with Crippen molar-refractivity contribution >= 4 is 5.91 Å². The molecule has 3 aliphatic heterocycles. The van der Waals surface area contributed by atoms with Gasteiger partial charge in [-0.15, -0.1) is 0 Å². The summed E-state index contributed by atoms with van der Waals surface area (Å²) >= 11 is 0. The molecule has 0 aromatic heterocycles. The highest BCUT2D eigenvalue weighted by Crippen LogP contribution is 2.34. The minimum Gasteiger partial charge on any atom is -0.352 e. The molecule has 0 saturated carbocycles. The van der Waals surface area contributed by atoms with Crippen molar-refractivity contribution < 1.29 is 4.79 Å². The van der Waals surface area contributed by atoms with Crippen LogP contribution in [0, 0.1) is 0 Å². The van der Waals surface area contributed by atoms with E-state index < -0.39 is 0 Å². The SMILES string of the molecule is CC(=O)N[C@@H]1CCN(CCN2[C@@H]3CC[C@H]2CC(N)C3)C1. The predicted octanol–water partition coefficient (Wildman–Crippen LogP) is 0.151. The van der Waals surface area contributed by atoms with E-state index in [9.17, 15) is 4.79 Å². The number of amides is 1. The van der Waals surface area contributed by atoms with E-state index in [-0.39, 0.29) is 5.91 Å². The number of hydrogen-bond donors (Lipinski definition) is 2. The van der Waals surface area contributed by atoms with E-state index in [0.717, 1.165) is 38.1 Å². The molecule has 0 radical (unpaired) electrons. The van der Waals surface area contributed by atoms with Crippen molar-refractivity contribution in [1.29, 1.82) is 0 Å². The third kappa shape index (κ3) is 3.15. The summed E-state index contributed by atoms with van der Waals surface area (Å²) in [5.74, 6) is 0.0971. The van der Waals surface area contributed by atoms with E-state index in [2.05, 4.69) is 15.1 Å². The lowest BCUT2D eigenvalue weighted by molar-refractivity contribution is -0.119. The normalized spacial score (nSPS) is 38.3.